The Balaban J connectivity index is 3.23. The normalized spacial score (nSPS) is 11.6. The van der Waals surface area contributed by atoms with Crippen molar-refractivity contribution >= 4 is 5.97 Å². The van der Waals surface area contributed by atoms with Crippen LogP contribution in [-0.4, -0.2) is 24.8 Å². The molecule has 0 bridgehead atoms. The van der Waals surface area contributed by atoms with E-state index in [4.69, 9.17) is 9.47 Å². The van der Waals surface area contributed by atoms with E-state index in [2.05, 4.69) is 6.92 Å². The molecule has 0 aliphatic rings. The van der Waals surface area contributed by atoms with Crippen LogP contribution in [-0.2, 0) is 14.3 Å². The van der Waals surface area contributed by atoms with E-state index in [0.29, 0.717) is 6.42 Å². The maximum Gasteiger partial charge on any atom is 0.306 e. The van der Waals surface area contributed by atoms with Crippen LogP contribution in [0, 0.1) is 0 Å². The minimum Gasteiger partial charge on any atom is -0.460 e. The zero-order valence-corrected chi connectivity index (χ0v) is 12.6. The monoisotopic (exact) mass is 258 g/mol. The Labute approximate surface area is 112 Å². The zero-order chi connectivity index (χ0) is 13.9. The predicted octanol–water partition coefficient (Wildman–Crippen LogP) is 4.10. The largest absolute Gasteiger partial charge is 0.460 e. The first kappa shape index (κ1) is 17.4. The van der Waals surface area contributed by atoms with Crippen LogP contribution in [0.3, 0.4) is 0 Å². The summed E-state index contributed by atoms with van der Waals surface area (Å²) < 4.78 is 10.7. The summed E-state index contributed by atoms with van der Waals surface area (Å²) in [5.41, 5.74) is -0.368. The smallest absolute Gasteiger partial charge is 0.306 e. The van der Waals surface area contributed by atoms with Crippen molar-refractivity contribution in [3.8, 4) is 0 Å². The molecule has 0 radical (unpaired) electrons. The summed E-state index contributed by atoms with van der Waals surface area (Å²) in [7, 11) is 0. The Morgan fingerprint density at radius 1 is 0.944 bits per heavy atom. The number of unbranched alkanes of at least 4 members (excludes halogenated alkanes) is 4. The number of ether oxygens (including phenoxy) is 2. The molecule has 3 heteroatoms. The van der Waals surface area contributed by atoms with Gasteiger partial charge < -0.3 is 9.47 Å². The number of hydrogen-bond acceptors (Lipinski definition) is 3. The van der Waals surface area contributed by atoms with Crippen LogP contribution in [0.15, 0.2) is 0 Å². The minimum atomic E-state index is -0.368. The van der Waals surface area contributed by atoms with Gasteiger partial charge in [-0.15, -0.1) is 0 Å². The third-order valence-electron chi connectivity index (χ3n) is 2.48. The van der Waals surface area contributed by atoms with E-state index < -0.39 is 0 Å². The molecule has 0 aliphatic carbocycles. The van der Waals surface area contributed by atoms with Crippen LogP contribution < -0.4 is 0 Å². The Bertz CT molecular complexity index is 206. The van der Waals surface area contributed by atoms with E-state index in [1.165, 1.54) is 19.3 Å². The first-order valence-electron chi connectivity index (χ1n) is 7.25. The van der Waals surface area contributed by atoms with Crippen molar-refractivity contribution in [3.63, 3.8) is 0 Å². The average Bonchev–Trinajstić information content (AvgIpc) is 2.24. The molecule has 0 unspecified atom stereocenters. The number of rotatable bonds is 10. The quantitative estimate of drug-likeness (QED) is 0.437. The average molecular weight is 258 g/mol. The van der Waals surface area contributed by atoms with Crippen LogP contribution in [0.25, 0.3) is 0 Å². The standard InChI is InChI=1S/C15H30O3/c1-5-6-7-9-12-17-13-10-8-11-14(16)18-15(2,3)4/h5-13H2,1-4H3. The van der Waals surface area contributed by atoms with Gasteiger partial charge in [0, 0.05) is 19.6 Å². The van der Waals surface area contributed by atoms with Crippen molar-refractivity contribution < 1.29 is 14.3 Å². The number of esters is 1. The molecule has 18 heavy (non-hydrogen) atoms. The second-order valence-electron chi connectivity index (χ2n) is 5.72. The van der Waals surface area contributed by atoms with Gasteiger partial charge in [0.2, 0.25) is 0 Å². The van der Waals surface area contributed by atoms with E-state index in [0.717, 1.165) is 32.5 Å². The highest BCUT2D eigenvalue weighted by Gasteiger charge is 2.15. The van der Waals surface area contributed by atoms with E-state index in [1.54, 1.807) is 0 Å². The summed E-state index contributed by atoms with van der Waals surface area (Å²) >= 11 is 0. The molecular formula is C15H30O3. The van der Waals surface area contributed by atoms with Crippen molar-refractivity contribution in [2.24, 2.45) is 0 Å². The number of carbonyl (C=O) groups excluding carboxylic acids is 1. The van der Waals surface area contributed by atoms with Crippen molar-refractivity contribution in [2.75, 3.05) is 13.2 Å². The summed E-state index contributed by atoms with van der Waals surface area (Å²) in [6.07, 6.45) is 7.25. The second-order valence-corrected chi connectivity index (χ2v) is 5.72. The van der Waals surface area contributed by atoms with Gasteiger partial charge in [0.25, 0.3) is 0 Å². The van der Waals surface area contributed by atoms with Crippen molar-refractivity contribution in [3.05, 3.63) is 0 Å². The molecule has 0 aromatic rings. The highest BCUT2D eigenvalue weighted by molar-refractivity contribution is 5.69. The van der Waals surface area contributed by atoms with Gasteiger partial charge in [-0.1, -0.05) is 26.2 Å². The molecule has 0 aromatic carbocycles. The van der Waals surface area contributed by atoms with Gasteiger partial charge in [-0.25, -0.2) is 0 Å². The Morgan fingerprint density at radius 2 is 1.56 bits per heavy atom. The van der Waals surface area contributed by atoms with Gasteiger partial charge in [0.1, 0.15) is 5.60 Å². The highest BCUT2D eigenvalue weighted by Crippen LogP contribution is 2.10. The van der Waals surface area contributed by atoms with Crippen molar-refractivity contribution in [1.82, 2.24) is 0 Å². The van der Waals surface area contributed by atoms with Crippen LogP contribution in [0.1, 0.15) is 72.6 Å². The summed E-state index contributed by atoms with van der Waals surface area (Å²) in [6.45, 7) is 9.50. The number of carbonyl (C=O) groups is 1. The minimum absolute atomic E-state index is 0.106. The Kier molecular flexibility index (Phi) is 10.0. The lowest BCUT2D eigenvalue weighted by Crippen LogP contribution is -2.23. The van der Waals surface area contributed by atoms with Gasteiger partial charge in [0.15, 0.2) is 0 Å². The highest BCUT2D eigenvalue weighted by atomic mass is 16.6. The van der Waals surface area contributed by atoms with Crippen LogP contribution in [0.5, 0.6) is 0 Å². The molecule has 0 heterocycles. The molecule has 0 amide bonds. The lowest BCUT2D eigenvalue weighted by Gasteiger charge is -2.19. The van der Waals surface area contributed by atoms with Gasteiger partial charge in [-0.2, -0.15) is 0 Å². The van der Waals surface area contributed by atoms with Crippen LogP contribution >= 0.6 is 0 Å². The molecule has 0 fully saturated rings. The first-order valence-corrected chi connectivity index (χ1v) is 7.25. The molecule has 3 nitrogen and oxygen atoms in total. The van der Waals surface area contributed by atoms with Crippen LogP contribution in [0.2, 0.25) is 0 Å². The molecule has 108 valence electrons. The maximum absolute atomic E-state index is 11.4. The van der Waals surface area contributed by atoms with Crippen molar-refractivity contribution in [1.29, 1.82) is 0 Å². The zero-order valence-electron chi connectivity index (χ0n) is 12.6. The molecule has 0 saturated heterocycles. The summed E-state index contributed by atoms with van der Waals surface area (Å²) in [5, 5.41) is 0. The molecule has 0 spiro atoms. The molecule has 0 aromatic heterocycles. The van der Waals surface area contributed by atoms with E-state index in [-0.39, 0.29) is 11.6 Å². The predicted molar refractivity (Wildman–Crippen MR) is 74.7 cm³/mol. The Morgan fingerprint density at radius 3 is 2.11 bits per heavy atom. The summed E-state index contributed by atoms with van der Waals surface area (Å²) in [4.78, 5) is 11.4. The lowest BCUT2D eigenvalue weighted by molar-refractivity contribution is -0.154. The summed E-state index contributed by atoms with van der Waals surface area (Å²) in [5.74, 6) is -0.106. The maximum atomic E-state index is 11.4. The van der Waals surface area contributed by atoms with E-state index >= 15 is 0 Å². The molecule has 0 aliphatic heterocycles. The second kappa shape index (κ2) is 10.4. The molecule has 0 saturated carbocycles. The van der Waals surface area contributed by atoms with Gasteiger partial charge >= 0.3 is 5.97 Å². The Hall–Kier alpha value is -0.570. The number of hydrogen-bond donors (Lipinski definition) is 0. The molecule has 0 atom stereocenters. The van der Waals surface area contributed by atoms with Gasteiger partial charge in [-0.3, -0.25) is 4.79 Å². The van der Waals surface area contributed by atoms with Crippen molar-refractivity contribution in [2.45, 2.75) is 78.2 Å². The SMILES string of the molecule is CCCCCCOCCCCC(=O)OC(C)(C)C. The molecule has 0 rings (SSSR count). The fraction of sp³-hybridized carbons (Fsp3) is 0.933. The van der Waals surface area contributed by atoms with Crippen LogP contribution in [0.4, 0.5) is 0 Å². The van der Waals surface area contributed by atoms with E-state index in [9.17, 15) is 4.79 Å². The lowest BCUT2D eigenvalue weighted by atomic mass is 10.2. The molecular weight excluding hydrogens is 228 g/mol. The van der Waals surface area contributed by atoms with Gasteiger partial charge in [-0.05, 0) is 40.0 Å². The fourth-order valence-electron chi connectivity index (χ4n) is 1.60. The fourth-order valence-corrected chi connectivity index (χ4v) is 1.60. The first-order chi connectivity index (χ1) is 8.45. The topological polar surface area (TPSA) is 35.5 Å². The molecule has 0 N–H and O–H groups in total. The third kappa shape index (κ3) is 13.5. The third-order valence-corrected chi connectivity index (χ3v) is 2.48. The van der Waals surface area contributed by atoms with E-state index in [1.807, 2.05) is 20.8 Å². The van der Waals surface area contributed by atoms with Gasteiger partial charge in [0.05, 0.1) is 0 Å². The summed E-state index contributed by atoms with van der Waals surface area (Å²) in [6, 6.07) is 0.